The second kappa shape index (κ2) is 8.81. The van der Waals surface area contributed by atoms with Crippen molar-refractivity contribution in [1.82, 2.24) is 9.97 Å². The molecule has 34 heavy (non-hydrogen) atoms. The third-order valence-corrected chi connectivity index (χ3v) is 5.97. The van der Waals surface area contributed by atoms with Gasteiger partial charge in [-0.15, -0.1) is 0 Å². The van der Waals surface area contributed by atoms with Crippen LogP contribution in [0.2, 0.25) is 0 Å². The molecule has 0 saturated heterocycles. The molecule has 172 valence electrons. The molecular formula is C24H24BN5O4. The molecule has 2 aromatic heterocycles. The van der Waals surface area contributed by atoms with Crippen molar-refractivity contribution in [2.24, 2.45) is 5.73 Å². The second-order valence-electron chi connectivity index (χ2n) is 8.30. The molecule has 6 N–H and O–H groups in total. The summed E-state index contributed by atoms with van der Waals surface area (Å²) in [5.74, 6) is 1.19. The molecule has 0 bridgehead atoms. The van der Waals surface area contributed by atoms with E-state index in [-0.39, 0.29) is 0 Å². The molecule has 0 saturated carbocycles. The Hall–Kier alpha value is -3.89. The zero-order valence-corrected chi connectivity index (χ0v) is 18.6. The lowest BCUT2D eigenvalue weighted by molar-refractivity contribution is 0.100. The van der Waals surface area contributed by atoms with Gasteiger partial charge in [0, 0.05) is 18.5 Å². The van der Waals surface area contributed by atoms with Crippen LogP contribution in [0.15, 0.2) is 46.9 Å². The molecule has 9 nitrogen and oxygen atoms in total. The number of primary amides is 1. The summed E-state index contributed by atoms with van der Waals surface area (Å²) in [6, 6.07) is 12.4. The number of aryl methyl sites for hydroxylation is 2. The van der Waals surface area contributed by atoms with Crippen LogP contribution in [0.5, 0.6) is 0 Å². The Morgan fingerprint density at radius 3 is 2.85 bits per heavy atom. The fraction of sp³-hybridized carbons (Fsp3) is 0.208. The summed E-state index contributed by atoms with van der Waals surface area (Å²) < 4.78 is 5.93. The smallest absolute Gasteiger partial charge is 0.460 e. The van der Waals surface area contributed by atoms with Crippen LogP contribution in [-0.4, -0.2) is 39.6 Å². The van der Waals surface area contributed by atoms with Crippen LogP contribution in [0.4, 0.5) is 11.5 Å². The number of aromatic nitrogens is 2. The van der Waals surface area contributed by atoms with Crippen LogP contribution >= 0.6 is 0 Å². The number of amides is 1. The summed E-state index contributed by atoms with van der Waals surface area (Å²) in [5, 5.41) is 26.4. The molecule has 1 aliphatic rings. The highest BCUT2D eigenvalue weighted by Gasteiger charge is 2.24. The van der Waals surface area contributed by atoms with E-state index in [1.165, 1.54) is 0 Å². The summed E-state index contributed by atoms with van der Waals surface area (Å²) in [6.07, 6.45) is 1.76. The Labute approximate surface area is 196 Å². The Balaban J connectivity index is 1.57. The van der Waals surface area contributed by atoms with Gasteiger partial charge in [-0.3, -0.25) is 4.79 Å². The van der Waals surface area contributed by atoms with E-state index < -0.39 is 13.0 Å². The zero-order chi connectivity index (χ0) is 23.8. The fourth-order valence-electron chi connectivity index (χ4n) is 4.34. The number of nitrogens with one attached hydrogen (secondary N) is 2. The molecule has 1 amide bonds. The average molecular weight is 457 g/mol. The lowest BCUT2D eigenvalue weighted by Gasteiger charge is -2.21. The zero-order valence-electron chi connectivity index (χ0n) is 18.6. The van der Waals surface area contributed by atoms with Gasteiger partial charge in [-0.25, -0.2) is 9.97 Å². The molecule has 0 atom stereocenters. The number of benzene rings is 2. The molecule has 0 spiro atoms. The van der Waals surface area contributed by atoms with Crippen molar-refractivity contribution >= 4 is 41.0 Å². The van der Waals surface area contributed by atoms with Crippen LogP contribution in [0.3, 0.4) is 0 Å². The maximum atomic E-state index is 11.9. The number of anilines is 2. The molecule has 0 fully saturated rings. The first kappa shape index (κ1) is 21.9. The van der Waals surface area contributed by atoms with Crippen LogP contribution in [-0.2, 0) is 13.0 Å². The van der Waals surface area contributed by atoms with Crippen LogP contribution < -0.4 is 21.8 Å². The van der Waals surface area contributed by atoms with Crippen molar-refractivity contribution in [3.8, 4) is 11.4 Å². The molecule has 0 radical (unpaired) electrons. The quantitative estimate of drug-likeness (QED) is 0.276. The van der Waals surface area contributed by atoms with Gasteiger partial charge in [-0.05, 0) is 36.9 Å². The number of hydrogen-bond acceptors (Lipinski definition) is 8. The van der Waals surface area contributed by atoms with E-state index in [1.54, 1.807) is 30.3 Å². The minimum atomic E-state index is -1.53. The van der Waals surface area contributed by atoms with E-state index >= 15 is 0 Å². The highest BCUT2D eigenvalue weighted by Crippen LogP contribution is 2.37. The molecule has 4 aromatic rings. The summed E-state index contributed by atoms with van der Waals surface area (Å²) in [7, 11) is -1.53. The van der Waals surface area contributed by atoms with Crippen LogP contribution in [0, 0.1) is 6.92 Å². The van der Waals surface area contributed by atoms with Gasteiger partial charge >= 0.3 is 7.12 Å². The van der Waals surface area contributed by atoms with Crippen LogP contribution in [0.25, 0.3) is 22.4 Å². The maximum absolute atomic E-state index is 11.9. The molecule has 3 heterocycles. The van der Waals surface area contributed by atoms with E-state index in [2.05, 4.69) is 10.6 Å². The number of furan rings is 1. The maximum Gasteiger partial charge on any atom is 0.488 e. The second-order valence-corrected chi connectivity index (χ2v) is 8.30. The van der Waals surface area contributed by atoms with Crippen molar-refractivity contribution < 1.29 is 19.3 Å². The minimum Gasteiger partial charge on any atom is -0.460 e. The first-order chi connectivity index (χ1) is 16.4. The number of fused-ring (bicyclic) bond motifs is 2. The number of nitrogens with two attached hydrogens (primary N) is 1. The predicted octanol–water partition coefficient (Wildman–Crippen LogP) is 1.95. The third kappa shape index (κ3) is 3.97. The number of rotatable bonds is 6. The van der Waals surface area contributed by atoms with Crippen molar-refractivity contribution in [1.29, 1.82) is 0 Å². The van der Waals surface area contributed by atoms with E-state index in [0.29, 0.717) is 40.6 Å². The van der Waals surface area contributed by atoms with Crippen molar-refractivity contribution in [3.63, 3.8) is 0 Å². The monoisotopic (exact) mass is 457 g/mol. The minimum absolute atomic E-state index is 0.316. The molecule has 0 unspecified atom stereocenters. The van der Waals surface area contributed by atoms with Crippen molar-refractivity contribution in [2.75, 3.05) is 17.2 Å². The van der Waals surface area contributed by atoms with Gasteiger partial charge in [0.2, 0.25) is 0 Å². The SMILES string of the molecule is Cc1oc2c(C(N)=O)cccc2c1-c1nc2c(c(NCc3cccc(B(O)O)c3)n1)NCCC2. The molecule has 5 rings (SSSR count). The van der Waals surface area contributed by atoms with Gasteiger partial charge in [0.1, 0.15) is 11.3 Å². The number of para-hydroxylation sites is 1. The lowest BCUT2D eigenvalue weighted by atomic mass is 9.80. The van der Waals surface area contributed by atoms with Crippen LogP contribution in [0.1, 0.15) is 33.8 Å². The molecule has 1 aliphatic heterocycles. The number of nitrogens with zero attached hydrogens (tertiary/aromatic N) is 2. The largest absolute Gasteiger partial charge is 0.488 e. The molecule has 2 aromatic carbocycles. The lowest BCUT2D eigenvalue weighted by Crippen LogP contribution is -2.30. The Kier molecular flexibility index (Phi) is 5.68. The van der Waals surface area contributed by atoms with Gasteiger partial charge in [0.05, 0.1) is 22.5 Å². The summed E-state index contributed by atoms with van der Waals surface area (Å²) in [4.78, 5) is 21.6. The standard InChI is InChI=1S/C24H24BN5O4/c1-13-19(16-7-3-8-17(22(26)31)21(16)34-13)23-29-18-9-4-10-27-20(18)24(30-23)28-12-14-5-2-6-15(11-14)25(32)33/h2-3,5-8,11,27,32-33H,4,9-10,12H2,1H3,(H2,26,31)(H,28,29,30). The summed E-state index contributed by atoms with van der Waals surface area (Å²) in [6.45, 7) is 3.08. The molecule has 0 aliphatic carbocycles. The van der Waals surface area contributed by atoms with E-state index in [4.69, 9.17) is 20.1 Å². The van der Waals surface area contributed by atoms with Gasteiger partial charge in [-0.1, -0.05) is 36.4 Å². The fourth-order valence-corrected chi connectivity index (χ4v) is 4.34. The van der Waals surface area contributed by atoms with E-state index in [0.717, 1.165) is 47.3 Å². The Bertz CT molecular complexity index is 1400. The molecular weight excluding hydrogens is 433 g/mol. The van der Waals surface area contributed by atoms with E-state index in [1.807, 2.05) is 19.1 Å². The first-order valence-corrected chi connectivity index (χ1v) is 11.1. The van der Waals surface area contributed by atoms with Gasteiger partial charge < -0.3 is 30.8 Å². The normalized spacial score (nSPS) is 12.8. The van der Waals surface area contributed by atoms with Crippen molar-refractivity contribution in [2.45, 2.75) is 26.3 Å². The van der Waals surface area contributed by atoms with Gasteiger partial charge in [0.15, 0.2) is 11.6 Å². The number of carbonyl (C=O) groups is 1. The highest BCUT2D eigenvalue weighted by atomic mass is 16.4. The number of hydrogen-bond donors (Lipinski definition) is 5. The summed E-state index contributed by atoms with van der Waals surface area (Å²) in [5.41, 5.74) is 10.1. The van der Waals surface area contributed by atoms with Gasteiger partial charge in [-0.2, -0.15) is 0 Å². The van der Waals surface area contributed by atoms with Crippen molar-refractivity contribution in [3.05, 3.63) is 65.0 Å². The average Bonchev–Trinajstić information content (AvgIpc) is 3.18. The Morgan fingerprint density at radius 1 is 1.24 bits per heavy atom. The highest BCUT2D eigenvalue weighted by molar-refractivity contribution is 6.58. The number of carbonyl (C=O) groups excluding carboxylic acids is 1. The third-order valence-electron chi connectivity index (χ3n) is 5.97. The first-order valence-electron chi connectivity index (χ1n) is 11.1. The van der Waals surface area contributed by atoms with E-state index in [9.17, 15) is 14.8 Å². The summed E-state index contributed by atoms with van der Waals surface area (Å²) >= 11 is 0. The topological polar surface area (TPSA) is 147 Å². The Morgan fingerprint density at radius 2 is 2.06 bits per heavy atom. The van der Waals surface area contributed by atoms with Gasteiger partial charge in [0.25, 0.3) is 5.91 Å². The molecule has 10 heteroatoms. The predicted molar refractivity (Wildman–Crippen MR) is 131 cm³/mol.